The second kappa shape index (κ2) is 9.35. The van der Waals surface area contributed by atoms with Crippen molar-refractivity contribution in [3.63, 3.8) is 0 Å². The Labute approximate surface area is 149 Å². The molecule has 2 aromatic rings. The Kier molecular flexibility index (Phi) is 7.16. The Morgan fingerprint density at radius 2 is 1.80 bits per heavy atom. The van der Waals surface area contributed by atoms with Gasteiger partial charge in [-0.1, -0.05) is 42.5 Å². The predicted molar refractivity (Wildman–Crippen MR) is 100 cm³/mol. The molecule has 2 rings (SSSR count). The molecule has 0 aromatic heterocycles. The van der Waals surface area contributed by atoms with Gasteiger partial charge in [-0.25, -0.2) is 0 Å². The molecule has 0 fully saturated rings. The van der Waals surface area contributed by atoms with Gasteiger partial charge in [0.15, 0.2) is 5.78 Å². The maximum absolute atomic E-state index is 12.3. The smallest absolute Gasteiger partial charge is 0.164 e. The second-order valence-electron chi connectivity index (χ2n) is 6.47. The van der Waals surface area contributed by atoms with Gasteiger partial charge in [-0.05, 0) is 38.5 Å². The minimum atomic E-state index is -0.598. The molecule has 0 saturated heterocycles. The summed E-state index contributed by atoms with van der Waals surface area (Å²) < 4.78 is 5.63. The van der Waals surface area contributed by atoms with Crippen molar-refractivity contribution in [1.82, 2.24) is 5.32 Å². The normalized spacial score (nSPS) is 13.5. The molecule has 0 radical (unpaired) electrons. The van der Waals surface area contributed by atoms with E-state index in [0.717, 1.165) is 5.56 Å². The van der Waals surface area contributed by atoms with Gasteiger partial charge in [-0.2, -0.15) is 0 Å². The van der Waals surface area contributed by atoms with Gasteiger partial charge in [0.05, 0.1) is 12.2 Å². The van der Waals surface area contributed by atoms with Crippen molar-refractivity contribution in [3.05, 3.63) is 65.7 Å². The first-order valence-electron chi connectivity index (χ1n) is 8.73. The lowest BCUT2D eigenvalue weighted by atomic mass is 10.0. The largest absolute Gasteiger partial charge is 0.491 e. The number of carbonyl (C=O) groups is 1. The van der Waals surface area contributed by atoms with E-state index in [1.807, 2.05) is 63.2 Å². The third-order valence-corrected chi connectivity index (χ3v) is 3.96. The van der Waals surface area contributed by atoms with Crippen LogP contribution in [0.5, 0.6) is 5.75 Å². The molecule has 0 aliphatic rings. The third-order valence-electron chi connectivity index (χ3n) is 3.96. The summed E-state index contributed by atoms with van der Waals surface area (Å²) in [5.41, 5.74) is 1.52. The molecule has 0 amide bonds. The summed E-state index contributed by atoms with van der Waals surface area (Å²) in [4.78, 5) is 12.3. The van der Waals surface area contributed by atoms with E-state index in [4.69, 9.17) is 4.74 Å². The third kappa shape index (κ3) is 6.00. The van der Waals surface area contributed by atoms with Gasteiger partial charge >= 0.3 is 0 Å². The van der Waals surface area contributed by atoms with Gasteiger partial charge < -0.3 is 15.2 Å². The lowest BCUT2D eigenvalue weighted by Gasteiger charge is -2.20. The first-order chi connectivity index (χ1) is 12.0. The number of aliphatic hydroxyl groups excluding tert-OH is 1. The Hall–Kier alpha value is -2.17. The number of benzene rings is 2. The zero-order valence-corrected chi connectivity index (χ0v) is 15.1. The van der Waals surface area contributed by atoms with E-state index < -0.39 is 6.10 Å². The summed E-state index contributed by atoms with van der Waals surface area (Å²) in [6, 6.07) is 16.7. The topological polar surface area (TPSA) is 58.6 Å². The minimum Gasteiger partial charge on any atom is -0.491 e. The highest BCUT2D eigenvalue weighted by Gasteiger charge is 2.16. The molecular weight excluding hydrogens is 314 g/mol. The number of ketones is 1. The summed E-state index contributed by atoms with van der Waals surface area (Å²) >= 11 is 0. The van der Waals surface area contributed by atoms with E-state index in [1.54, 1.807) is 12.1 Å². The van der Waals surface area contributed by atoms with Crippen LogP contribution in [0.3, 0.4) is 0 Å². The Morgan fingerprint density at radius 1 is 1.08 bits per heavy atom. The minimum absolute atomic E-state index is 0.0584. The van der Waals surface area contributed by atoms with E-state index in [-0.39, 0.29) is 17.9 Å². The lowest BCUT2D eigenvalue weighted by molar-refractivity contribution is 0.0971. The summed E-state index contributed by atoms with van der Waals surface area (Å²) in [6.07, 6.45) is -0.150. The SMILES string of the molecule is CC(C)Oc1cccc(C(=O)CCNC(C)C(O)c2ccccc2)c1. The molecular formula is C21H27NO3. The molecule has 134 valence electrons. The van der Waals surface area contributed by atoms with Crippen LogP contribution in [-0.4, -0.2) is 29.6 Å². The Bertz CT molecular complexity index is 670. The summed E-state index contributed by atoms with van der Waals surface area (Å²) in [6.45, 7) is 6.34. The van der Waals surface area contributed by atoms with Crippen LogP contribution < -0.4 is 10.1 Å². The van der Waals surface area contributed by atoms with Crippen LogP contribution >= 0.6 is 0 Å². The molecule has 4 heteroatoms. The van der Waals surface area contributed by atoms with Gasteiger partial charge in [-0.3, -0.25) is 4.79 Å². The van der Waals surface area contributed by atoms with Crippen LogP contribution in [-0.2, 0) is 0 Å². The fraction of sp³-hybridized carbons (Fsp3) is 0.381. The van der Waals surface area contributed by atoms with Gasteiger partial charge in [-0.15, -0.1) is 0 Å². The van der Waals surface area contributed by atoms with Crippen molar-refractivity contribution in [2.45, 2.75) is 45.4 Å². The van der Waals surface area contributed by atoms with Gasteiger partial charge in [0.2, 0.25) is 0 Å². The number of ether oxygens (including phenoxy) is 1. The maximum Gasteiger partial charge on any atom is 0.164 e. The summed E-state index contributed by atoms with van der Waals surface area (Å²) in [5.74, 6) is 0.768. The molecule has 2 N–H and O–H groups in total. The van der Waals surface area contributed by atoms with Crippen molar-refractivity contribution in [1.29, 1.82) is 0 Å². The second-order valence-corrected chi connectivity index (χ2v) is 6.47. The number of hydrogen-bond acceptors (Lipinski definition) is 4. The number of nitrogens with one attached hydrogen (secondary N) is 1. The van der Waals surface area contributed by atoms with Crippen LogP contribution in [0.1, 0.15) is 49.2 Å². The van der Waals surface area contributed by atoms with Crippen molar-refractivity contribution in [2.24, 2.45) is 0 Å². The molecule has 0 bridgehead atoms. The Balaban J connectivity index is 1.84. The molecule has 0 spiro atoms. The van der Waals surface area contributed by atoms with Gasteiger partial charge in [0.25, 0.3) is 0 Å². The predicted octanol–water partition coefficient (Wildman–Crippen LogP) is 3.76. The quantitative estimate of drug-likeness (QED) is 0.682. The molecule has 0 aliphatic carbocycles. The number of carbonyl (C=O) groups excluding carboxylic acids is 1. The molecule has 2 atom stereocenters. The zero-order valence-electron chi connectivity index (χ0n) is 15.1. The highest BCUT2D eigenvalue weighted by Crippen LogP contribution is 2.17. The first kappa shape index (κ1) is 19.2. The number of aliphatic hydroxyl groups is 1. The van der Waals surface area contributed by atoms with Crippen LogP contribution in [0.2, 0.25) is 0 Å². The van der Waals surface area contributed by atoms with E-state index in [0.29, 0.717) is 24.3 Å². The van der Waals surface area contributed by atoms with Crippen LogP contribution in [0.25, 0.3) is 0 Å². The van der Waals surface area contributed by atoms with E-state index in [1.165, 1.54) is 0 Å². The van der Waals surface area contributed by atoms with E-state index in [2.05, 4.69) is 5.32 Å². The number of Topliss-reactive ketones (excluding diaryl/α,β-unsaturated/α-hetero) is 1. The van der Waals surface area contributed by atoms with Crippen LogP contribution in [0.4, 0.5) is 0 Å². The number of rotatable bonds is 9. The highest BCUT2D eigenvalue weighted by molar-refractivity contribution is 5.96. The fourth-order valence-electron chi connectivity index (χ4n) is 2.62. The zero-order chi connectivity index (χ0) is 18.2. The monoisotopic (exact) mass is 341 g/mol. The Morgan fingerprint density at radius 3 is 2.48 bits per heavy atom. The van der Waals surface area contributed by atoms with Crippen LogP contribution in [0.15, 0.2) is 54.6 Å². The number of hydrogen-bond donors (Lipinski definition) is 2. The molecule has 25 heavy (non-hydrogen) atoms. The molecule has 0 heterocycles. The van der Waals surface area contributed by atoms with Crippen molar-refractivity contribution < 1.29 is 14.6 Å². The van der Waals surface area contributed by atoms with Crippen LogP contribution in [0, 0.1) is 0 Å². The standard InChI is InChI=1S/C21H27NO3/c1-15(2)25-19-11-7-10-18(14-19)20(23)12-13-22-16(3)21(24)17-8-5-4-6-9-17/h4-11,14-16,21-22,24H,12-13H2,1-3H3. The average molecular weight is 341 g/mol. The lowest BCUT2D eigenvalue weighted by Crippen LogP contribution is -2.33. The molecule has 4 nitrogen and oxygen atoms in total. The molecule has 0 saturated carbocycles. The van der Waals surface area contributed by atoms with Crippen molar-refractivity contribution in [2.75, 3.05) is 6.54 Å². The first-order valence-corrected chi connectivity index (χ1v) is 8.73. The fourth-order valence-corrected chi connectivity index (χ4v) is 2.62. The van der Waals surface area contributed by atoms with E-state index in [9.17, 15) is 9.90 Å². The summed E-state index contributed by atoms with van der Waals surface area (Å²) in [5, 5.41) is 13.6. The van der Waals surface area contributed by atoms with Gasteiger partial charge in [0, 0.05) is 24.6 Å². The van der Waals surface area contributed by atoms with Crippen molar-refractivity contribution in [3.8, 4) is 5.75 Å². The molecule has 2 unspecified atom stereocenters. The molecule has 0 aliphatic heterocycles. The summed E-state index contributed by atoms with van der Waals surface area (Å²) in [7, 11) is 0. The molecule has 2 aromatic carbocycles. The maximum atomic E-state index is 12.3. The highest BCUT2D eigenvalue weighted by atomic mass is 16.5. The van der Waals surface area contributed by atoms with Crippen molar-refractivity contribution >= 4 is 5.78 Å². The average Bonchev–Trinajstić information content (AvgIpc) is 2.61. The van der Waals surface area contributed by atoms with E-state index >= 15 is 0 Å². The van der Waals surface area contributed by atoms with Gasteiger partial charge in [0.1, 0.15) is 5.75 Å².